The lowest BCUT2D eigenvalue weighted by Gasteiger charge is -2.27. The fourth-order valence-corrected chi connectivity index (χ4v) is 2.99. The monoisotopic (exact) mass is 381 g/mol. The Morgan fingerprint density at radius 3 is 2.50 bits per heavy atom. The van der Waals surface area contributed by atoms with E-state index in [0.29, 0.717) is 37.7 Å². The first-order chi connectivity index (χ1) is 13.7. The molecular weight excluding hydrogens is 357 g/mol. The fourth-order valence-electron chi connectivity index (χ4n) is 2.99. The van der Waals surface area contributed by atoms with Gasteiger partial charge in [-0.2, -0.15) is 0 Å². The van der Waals surface area contributed by atoms with Crippen LogP contribution in [0.3, 0.4) is 0 Å². The van der Waals surface area contributed by atoms with Crippen LogP contribution in [0.1, 0.15) is 35.5 Å². The second-order valence-corrected chi connectivity index (χ2v) is 6.20. The van der Waals surface area contributed by atoms with Gasteiger partial charge in [-0.05, 0) is 29.8 Å². The van der Waals surface area contributed by atoms with Crippen molar-refractivity contribution in [2.24, 2.45) is 0 Å². The number of fused-ring (bicyclic) bond motifs is 1. The minimum Gasteiger partial charge on any atom is -0.472 e. The van der Waals surface area contributed by atoms with E-state index >= 15 is 0 Å². The molecule has 0 unspecified atom stereocenters. The summed E-state index contributed by atoms with van der Waals surface area (Å²) in [5, 5.41) is 4.45. The van der Waals surface area contributed by atoms with Gasteiger partial charge in [-0.3, -0.25) is 9.48 Å². The summed E-state index contributed by atoms with van der Waals surface area (Å²) in [5.41, 5.74) is 2.49. The van der Waals surface area contributed by atoms with Gasteiger partial charge in [-0.15, -0.1) is 5.10 Å². The molecule has 1 aromatic heterocycles. The Kier molecular flexibility index (Phi) is 6.42. The lowest BCUT2D eigenvalue weighted by Crippen LogP contribution is -2.38. The van der Waals surface area contributed by atoms with Crippen LogP contribution < -0.4 is 4.74 Å². The van der Waals surface area contributed by atoms with Crippen molar-refractivity contribution in [1.82, 2.24) is 14.7 Å². The largest absolute Gasteiger partial charge is 0.472 e. The number of rotatable bonds is 4. The van der Waals surface area contributed by atoms with Crippen molar-refractivity contribution in [2.75, 3.05) is 6.54 Å². The summed E-state index contributed by atoms with van der Waals surface area (Å²) in [6.07, 6.45) is 0. The Hall–Kier alpha value is -3.15. The second-order valence-electron chi connectivity index (χ2n) is 6.20. The van der Waals surface area contributed by atoms with Crippen LogP contribution >= 0.6 is 0 Å². The highest BCUT2D eigenvalue weighted by atomic mass is 19.1. The highest BCUT2D eigenvalue weighted by Crippen LogP contribution is 2.20. The molecule has 2 heterocycles. The van der Waals surface area contributed by atoms with Gasteiger partial charge < -0.3 is 9.64 Å². The van der Waals surface area contributed by atoms with E-state index in [1.165, 1.54) is 24.3 Å². The topological polar surface area (TPSA) is 47.4 Å². The van der Waals surface area contributed by atoms with E-state index in [1.807, 2.05) is 54.9 Å². The van der Waals surface area contributed by atoms with Gasteiger partial charge in [-0.1, -0.05) is 44.2 Å². The molecule has 0 saturated heterocycles. The maximum Gasteiger partial charge on any atom is 0.254 e. The first-order valence-electron chi connectivity index (χ1n) is 9.47. The molecule has 2 aromatic carbocycles. The third-order valence-corrected chi connectivity index (χ3v) is 4.38. The van der Waals surface area contributed by atoms with E-state index in [9.17, 15) is 9.18 Å². The standard InChI is InChI=1S/C20H18FN3O2.C2H6/c21-17-8-6-16(7-9-17)20(25)23-10-11-24-18(13-23)12-19(22-24)26-14-15-4-2-1-3-5-15;1-2/h1-9,12H,10-11,13-14H2;1-2H3. The molecular formula is C22H24FN3O2. The van der Waals surface area contributed by atoms with Gasteiger partial charge in [-0.25, -0.2) is 4.39 Å². The predicted octanol–water partition coefficient (Wildman–Crippen LogP) is 4.28. The van der Waals surface area contributed by atoms with Crippen LogP contribution in [0.5, 0.6) is 5.88 Å². The van der Waals surface area contributed by atoms with E-state index in [2.05, 4.69) is 5.10 Å². The van der Waals surface area contributed by atoms with Crippen LogP contribution in [0.15, 0.2) is 60.7 Å². The van der Waals surface area contributed by atoms with Crippen LogP contribution in [-0.4, -0.2) is 27.1 Å². The van der Waals surface area contributed by atoms with Crippen molar-refractivity contribution in [3.8, 4) is 5.88 Å². The van der Waals surface area contributed by atoms with Gasteiger partial charge in [0.15, 0.2) is 0 Å². The molecule has 28 heavy (non-hydrogen) atoms. The molecule has 0 N–H and O–H groups in total. The molecule has 1 amide bonds. The number of ether oxygens (including phenoxy) is 1. The third kappa shape index (κ3) is 4.57. The zero-order valence-corrected chi connectivity index (χ0v) is 16.1. The summed E-state index contributed by atoms with van der Waals surface area (Å²) < 4.78 is 20.7. The first-order valence-corrected chi connectivity index (χ1v) is 9.47. The number of nitrogens with zero attached hydrogens (tertiary/aromatic N) is 3. The minimum absolute atomic E-state index is 0.107. The molecule has 0 bridgehead atoms. The predicted molar refractivity (Wildman–Crippen MR) is 105 cm³/mol. The van der Waals surface area contributed by atoms with Crippen LogP contribution in [0.4, 0.5) is 4.39 Å². The molecule has 0 fully saturated rings. The van der Waals surface area contributed by atoms with Gasteiger partial charge >= 0.3 is 0 Å². The maximum absolute atomic E-state index is 13.0. The fraction of sp³-hybridized carbons (Fsp3) is 0.273. The Bertz CT molecular complexity index is 907. The van der Waals surface area contributed by atoms with E-state index in [1.54, 1.807) is 4.90 Å². The van der Waals surface area contributed by atoms with E-state index in [0.717, 1.165) is 11.3 Å². The number of carbonyl (C=O) groups is 1. The smallest absolute Gasteiger partial charge is 0.254 e. The van der Waals surface area contributed by atoms with Gasteiger partial charge in [0.25, 0.3) is 5.91 Å². The zero-order chi connectivity index (χ0) is 19.9. The van der Waals surface area contributed by atoms with Crippen molar-refractivity contribution < 1.29 is 13.9 Å². The number of aromatic nitrogens is 2. The molecule has 5 nitrogen and oxygen atoms in total. The van der Waals surface area contributed by atoms with Crippen LogP contribution in [0.25, 0.3) is 0 Å². The van der Waals surface area contributed by atoms with E-state index in [-0.39, 0.29) is 11.7 Å². The molecule has 0 radical (unpaired) electrons. The van der Waals surface area contributed by atoms with Crippen molar-refractivity contribution in [3.63, 3.8) is 0 Å². The summed E-state index contributed by atoms with van der Waals surface area (Å²) in [6, 6.07) is 17.4. The van der Waals surface area contributed by atoms with Crippen molar-refractivity contribution in [2.45, 2.75) is 33.5 Å². The highest BCUT2D eigenvalue weighted by Gasteiger charge is 2.23. The summed E-state index contributed by atoms with van der Waals surface area (Å²) in [6.45, 7) is 6.08. The molecule has 0 spiro atoms. The van der Waals surface area contributed by atoms with Crippen LogP contribution in [0.2, 0.25) is 0 Å². The van der Waals surface area contributed by atoms with Crippen LogP contribution in [-0.2, 0) is 19.7 Å². The third-order valence-electron chi connectivity index (χ3n) is 4.38. The lowest BCUT2D eigenvalue weighted by molar-refractivity contribution is 0.0706. The second kappa shape index (κ2) is 9.17. The summed E-state index contributed by atoms with van der Waals surface area (Å²) >= 11 is 0. The van der Waals surface area contributed by atoms with Gasteiger partial charge in [0.1, 0.15) is 12.4 Å². The van der Waals surface area contributed by atoms with Crippen molar-refractivity contribution in [3.05, 3.63) is 83.3 Å². The van der Waals surface area contributed by atoms with Crippen molar-refractivity contribution in [1.29, 1.82) is 0 Å². The molecule has 3 aromatic rings. The molecule has 0 aliphatic carbocycles. The first kappa shape index (κ1) is 19.6. The number of halogens is 1. The molecule has 0 atom stereocenters. The minimum atomic E-state index is -0.349. The summed E-state index contributed by atoms with van der Waals surface area (Å²) in [7, 11) is 0. The Morgan fingerprint density at radius 2 is 1.79 bits per heavy atom. The molecule has 1 aliphatic rings. The van der Waals surface area contributed by atoms with E-state index in [4.69, 9.17) is 4.74 Å². The Labute approximate surface area is 164 Å². The van der Waals surface area contributed by atoms with E-state index < -0.39 is 0 Å². The molecule has 146 valence electrons. The number of amides is 1. The number of carbonyl (C=O) groups excluding carboxylic acids is 1. The average Bonchev–Trinajstić information content (AvgIpc) is 3.17. The normalized spacial score (nSPS) is 12.6. The molecule has 6 heteroatoms. The Balaban J connectivity index is 0.00000109. The molecule has 0 saturated carbocycles. The average molecular weight is 381 g/mol. The number of hydrogen-bond donors (Lipinski definition) is 0. The summed E-state index contributed by atoms with van der Waals surface area (Å²) in [5.74, 6) is 0.0996. The maximum atomic E-state index is 13.0. The Morgan fingerprint density at radius 1 is 1.07 bits per heavy atom. The lowest BCUT2D eigenvalue weighted by atomic mass is 10.1. The van der Waals surface area contributed by atoms with Gasteiger partial charge in [0, 0.05) is 18.2 Å². The van der Waals surface area contributed by atoms with Gasteiger partial charge in [0.05, 0.1) is 18.8 Å². The SMILES string of the molecule is CC.O=C(c1ccc(F)cc1)N1CCn2nc(OCc3ccccc3)cc2C1. The summed E-state index contributed by atoms with van der Waals surface area (Å²) in [4.78, 5) is 14.3. The molecule has 4 rings (SSSR count). The zero-order valence-electron chi connectivity index (χ0n) is 16.1. The van der Waals surface area contributed by atoms with Crippen LogP contribution in [0, 0.1) is 5.82 Å². The van der Waals surface area contributed by atoms with Gasteiger partial charge in [0.2, 0.25) is 5.88 Å². The highest BCUT2D eigenvalue weighted by molar-refractivity contribution is 5.94. The number of benzene rings is 2. The number of hydrogen-bond acceptors (Lipinski definition) is 3. The molecule has 1 aliphatic heterocycles. The quantitative estimate of drug-likeness (QED) is 0.678. The van der Waals surface area contributed by atoms with Crippen molar-refractivity contribution >= 4 is 5.91 Å².